The molecular formula is C33H27N5O2. The van der Waals surface area contributed by atoms with Gasteiger partial charge in [-0.2, -0.15) is 0 Å². The SMILES string of the molecule is Cc1cc(C(=O)N2Cc3ccccc3Nc3ncccc32)c(C)cc1NC(=O)c1ccccc1-c1cccnc1. The molecule has 0 radical (unpaired) electrons. The van der Waals surface area contributed by atoms with Crippen molar-refractivity contribution in [2.75, 3.05) is 15.5 Å². The quantitative estimate of drug-likeness (QED) is 0.266. The number of anilines is 4. The molecule has 2 N–H and O–H groups in total. The maximum atomic E-state index is 14.0. The fourth-order valence-corrected chi connectivity index (χ4v) is 5.03. The van der Waals surface area contributed by atoms with E-state index in [0.717, 1.165) is 33.5 Å². The van der Waals surface area contributed by atoms with Crippen LogP contribution in [-0.4, -0.2) is 21.8 Å². The van der Waals surface area contributed by atoms with Crippen LogP contribution in [0.1, 0.15) is 37.4 Å². The lowest BCUT2D eigenvalue weighted by Crippen LogP contribution is -2.31. The zero-order valence-electron chi connectivity index (χ0n) is 22.2. The highest BCUT2D eigenvalue weighted by atomic mass is 16.2. The van der Waals surface area contributed by atoms with E-state index in [0.29, 0.717) is 34.9 Å². The van der Waals surface area contributed by atoms with Crippen molar-refractivity contribution in [3.05, 3.63) is 131 Å². The molecule has 0 unspecified atom stereocenters. The number of hydrogen-bond acceptors (Lipinski definition) is 5. The van der Waals surface area contributed by atoms with Crippen LogP contribution in [0, 0.1) is 13.8 Å². The Bertz CT molecular complexity index is 1750. The van der Waals surface area contributed by atoms with E-state index in [1.165, 1.54) is 0 Å². The van der Waals surface area contributed by atoms with E-state index in [9.17, 15) is 9.59 Å². The van der Waals surface area contributed by atoms with Gasteiger partial charge in [0, 0.05) is 46.7 Å². The highest BCUT2D eigenvalue weighted by Crippen LogP contribution is 2.35. The summed E-state index contributed by atoms with van der Waals surface area (Å²) in [5.41, 5.74) is 7.64. The third-order valence-electron chi connectivity index (χ3n) is 7.12. The van der Waals surface area contributed by atoms with Crippen molar-refractivity contribution in [1.82, 2.24) is 9.97 Å². The second kappa shape index (κ2) is 10.5. The molecule has 3 aromatic carbocycles. The van der Waals surface area contributed by atoms with Crippen molar-refractivity contribution in [3.63, 3.8) is 0 Å². The van der Waals surface area contributed by atoms with Gasteiger partial charge >= 0.3 is 0 Å². The monoisotopic (exact) mass is 525 g/mol. The maximum Gasteiger partial charge on any atom is 0.258 e. The number of aromatic nitrogens is 2. The predicted octanol–water partition coefficient (Wildman–Crippen LogP) is 6.92. The minimum atomic E-state index is -0.226. The predicted molar refractivity (Wildman–Crippen MR) is 158 cm³/mol. The summed E-state index contributed by atoms with van der Waals surface area (Å²) in [5, 5.41) is 6.43. The first kappa shape index (κ1) is 25.0. The fourth-order valence-electron chi connectivity index (χ4n) is 5.03. The van der Waals surface area contributed by atoms with Gasteiger partial charge in [0.1, 0.15) is 0 Å². The zero-order valence-corrected chi connectivity index (χ0v) is 22.2. The number of aryl methyl sites for hydroxylation is 2. The Morgan fingerprint density at radius 3 is 2.50 bits per heavy atom. The van der Waals surface area contributed by atoms with Crippen LogP contribution in [0.3, 0.4) is 0 Å². The molecular weight excluding hydrogens is 498 g/mol. The van der Waals surface area contributed by atoms with Crippen LogP contribution in [0.25, 0.3) is 11.1 Å². The Labute approximate surface area is 232 Å². The third-order valence-corrected chi connectivity index (χ3v) is 7.12. The van der Waals surface area contributed by atoms with Crippen LogP contribution in [0.4, 0.5) is 22.9 Å². The molecule has 40 heavy (non-hydrogen) atoms. The van der Waals surface area contributed by atoms with E-state index in [-0.39, 0.29) is 11.8 Å². The number of benzene rings is 3. The molecule has 2 aromatic heterocycles. The summed E-state index contributed by atoms with van der Waals surface area (Å²) >= 11 is 0. The number of nitrogens with one attached hydrogen (secondary N) is 2. The van der Waals surface area contributed by atoms with Gasteiger partial charge in [-0.05, 0) is 78.6 Å². The largest absolute Gasteiger partial charge is 0.338 e. The number of fused-ring (bicyclic) bond motifs is 2. The lowest BCUT2D eigenvalue weighted by molar-refractivity contribution is 0.0983. The normalized spacial score (nSPS) is 12.0. The zero-order chi connectivity index (χ0) is 27.6. The Morgan fingerprint density at radius 1 is 0.850 bits per heavy atom. The average molecular weight is 526 g/mol. The molecule has 6 rings (SSSR count). The molecule has 1 aliphatic rings. The first-order valence-corrected chi connectivity index (χ1v) is 13.0. The molecule has 5 aromatic rings. The number of para-hydroxylation sites is 1. The van der Waals surface area contributed by atoms with Gasteiger partial charge in [-0.3, -0.25) is 14.6 Å². The number of carbonyl (C=O) groups is 2. The Hall–Kier alpha value is -5.30. The summed E-state index contributed by atoms with van der Waals surface area (Å²) in [6.07, 6.45) is 5.16. The molecule has 0 atom stereocenters. The minimum absolute atomic E-state index is 0.131. The van der Waals surface area contributed by atoms with Crippen LogP contribution >= 0.6 is 0 Å². The third kappa shape index (κ3) is 4.69. The molecule has 0 saturated carbocycles. The fraction of sp³-hybridized carbons (Fsp3) is 0.0909. The molecule has 1 aliphatic heterocycles. The van der Waals surface area contributed by atoms with E-state index in [1.807, 2.05) is 92.7 Å². The highest BCUT2D eigenvalue weighted by Gasteiger charge is 2.27. The Kier molecular flexibility index (Phi) is 6.54. The van der Waals surface area contributed by atoms with Gasteiger partial charge < -0.3 is 15.5 Å². The molecule has 0 fully saturated rings. The summed E-state index contributed by atoms with van der Waals surface area (Å²) in [5.74, 6) is 0.274. The highest BCUT2D eigenvalue weighted by molar-refractivity contribution is 6.11. The smallest absolute Gasteiger partial charge is 0.258 e. The van der Waals surface area contributed by atoms with Crippen molar-refractivity contribution in [1.29, 1.82) is 0 Å². The van der Waals surface area contributed by atoms with E-state index in [2.05, 4.69) is 20.6 Å². The molecule has 0 bridgehead atoms. The summed E-state index contributed by atoms with van der Waals surface area (Å²) < 4.78 is 0. The van der Waals surface area contributed by atoms with Gasteiger partial charge in [-0.15, -0.1) is 0 Å². The van der Waals surface area contributed by atoms with E-state index >= 15 is 0 Å². The van der Waals surface area contributed by atoms with Gasteiger partial charge in [0.2, 0.25) is 0 Å². The molecule has 0 aliphatic carbocycles. The number of pyridine rings is 2. The molecule has 2 amide bonds. The number of rotatable bonds is 4. The van der Waals surface area contributed by atoms with Gasteiger partial charge in [0.05, 0.1) is 12.2 Å². The van der Waals surface area contributed by atoms with Gasteiger partial charge in [0.15, 0.2) is 5.82 Å². The summed E-state index contributed by atoms with van der Waals surface area (Å²) in [7, 11) is 0. The van der Waals surface area contributed by atoms with Gasteiger partial charge in [-0.25, -0.2) is 4.98 Å². The van der Waals surface area contributed by atoms with Crippen molar-refractivity contribution in [2.24, 2.45) is 0 Å². The summed E-state index contributed by atoms with van der Waals surface area (Å²) in [6.45, 7) is 4.19. The summed E-state index contributed by atoms with van der Waals surface area (Å²) in [6, 6.07) is 26.6. The molecule has 7 nitrogen and oxygen atoms in total. The van der Waals surface area contributed by atoms with Crippen molar-refractivity contribution >= 4 is 34.7 Å². The van der Waals surface area contributed by atoms with E-state index in [4.69, 9.17) is 0 Å². The molecule has 196 valence electrons. The maximum absolute atomic E-state index is 14.0. The van der Waals surface area contributed by atoms with E-state index < -0.39 is 0 Å². The summed E-state index contributed by atoms with van der Waals surface area (Å²) in [4.78, 5) is 37.9. The number of carbonyl (C=O) groups excluding carboxylic acids is 2. The first-order valence-electron chi connectivity index (χ1n) is 13.0. The van der Waals surface area contributed by atoms with Crippen LogP contribution < -0.4 is 15.5 Å². The lowest BCUT2D eigenvalue weighted by Gasteiger charge is -2.24. The topological polar surface area (TPSA) is 87.2 Å². The van der Waals surface area contributed by atoms with Crippen LogP contribution in [0.15, 0.2) is 104 Å². The molecule has 0 spiro atoms. The number of hydrogen-bond donors (Lipinski definition) is 2. The Balaban J connectivity index is 1.31. The second-order valence-corrected chi connectivity index (χ2v) is 9.77. The van der Waals surface area contributed by atoms with Crippen LogP contribution in [0.5, 0.6) is 0 Å². The van der Waals surface area contributed by atoms with Crippen molar-refractivity contribution < 1.29 is 9.59 Å². The average Bonchev–Trinajstić information content (AvgIpc) is 3.16. The number of amides is 2. The number of nitrogens with zero attached hydrogens (tertiary/aromatic N) is 3. The standard InChI is InChI=1S/C33H27N5O2/c1-21-18-29(37-32(39)26-12-5-4-11-25(26)23-10-7-15-34-19-23)22(2)17-27(21)33(40)38-20-24-9-3-6-13-28(24)36-31-30(38)14-8-16-35-31/h3-19H,20H2,1-2H3,(H,35,36)(H,37,39). The van der Waals surface area contributed by atoms with Gasteiger partial charge in [-0.1, -0.05) is 42.5 Å². The van der Waals surface area contributed by atoms with Crippen molar-refractivity contribution in [2.45, 2.75) is 20.4 Å². The molecule has 7 heteroatoms. The van der Waals surface area contributed by atoms with Crippen LogP contribution in [0.2, 0.25) is 0 Å². The first-order chi connectivity index (χ1) is 19.5. The van der Waals surface area contributed by atoms with Gasteiger partial charge in [0.25, 0.3) is 11.8 Å². The van der Waals surface area contributed by atoms with Crippen LogP contribution in [-0.2, 0) is 6.54 Å². The second-order valence-electron chi connectivity index (χ2n) is 9.77. The molecule has 0 saturated heterocycles. The Morgan fingerprint density at radius 2 is 1.65 bits per heavy atom. The molecule has 3 heterocycles. The lowest BCUT2D eigenvalue weighted by atomic mass is 9.99. The minimum Gasteiger partial charge on any atom is -0.338 e. The van der Waals surface area contributed by atoms with Crippen molar-refractivity contribution in [3.8, 4) is 11.1 Å². The van der Waals surface area contributed by atoms with E-state index in [1.54, 1.807) is 29.6 Å².